The molecule has 33 heavy (non-hydrogen) atoms. The monoisotopic (exact) mass is 456 g/mol. The van der Waals surface area contributed by atoms with Gasteiger partial charge in [0.2, 0.25) is 5.91 Å². The Bertz CT molecular complexity index is 807. The fraction of sp³-hybridized carbons (Fsp3) is 0.931. The van der Waals surface area contributed by atoms with Crippen molar-refractivity contribution < 1.29 is 9.59 Å². The Balaban J connectivity index is 1.33. The van der Waals surface area contributed by atoms with Crippen molar-refractivity contribution in [3.8, 4) is 0 Å². The maximum absolute atomic E-state index is 13.8. The maximum atomic E-state index is 13.8. The van der Waals surface area contributed by atoms with Crippen molar-refractivity contribution >= 4 is 11.7 Å². The lowest BCUT2D eigenvalue weighted by atomic mass is 9.44. The molecule has 1 amide bonds. The number of rotatable bonds is 4. The predicted octanol–water partition coefficient (Wildman–Crippen LogP) is 5.26. The summed E-state index contributed by atoms with van der Waals surface area (Å²) >= 11 is 0. The molecule has 10 atom stereocenters. The van der Waals surface area contributed by atoms with Crippen LogP contribution in [0.4, 0.5) is 0 Å². The molecule has 4 nitrogen and oxygen atoms in total. The van der Waals surface area contributed by atoms with E-state index in [9.17, 15) is 9.59 Å². The molecule has 0 aromatic rings. The second-order valence-corrected chi connectivity index (χ2v) is 13.7. The van der Waals surface area contributed by atoms with Crippen molar-refractivity contribution in [3.05, 3.63) is 0 Å². The van der Waals surface area contributed by atoms with Crippen LogP contribution in [0, 0.1) is 52.3 Å². The molecule has 0 spiro atoms. The average Bonchev–Trinajstić information content (AvgIpc) is 3.10. The number of Topliss-reactive ketones (excluding diaryl/α,β-unsaturated/α-hetero) is 1. The van der Waals surface area contributed by atoms with Gasteiger partial charge in [0.25, 0.3) is 0 Å². The number of nitrogens with zero attached hydrogens (tertiary/aromatic N) is 2. The highest BCUT2D eigenvalue weighted by Gasteiger charge is 2.63. The van der Waals surface area contributed by atoms with E-state index in [1.165, 1.54) is 32.1 Å². The summed E-state index contributed by atoms with van der Waals surface area (Å²) in [4.78, 5) is 31.0. The molecular formula is C29H48N2O2. The van der Waals surface area contributed by atoms with Gasteiger partial charge < -0.3 is 9.80 Å². The van der Waals surface area contributed by atoms with Crippen LogP contribution in [0.1, 0.15) is 86.0 Å². The van der Waals surface area contributed by atoms with E-state index in [1.807, 2.05) is 4.90 Å². The van der Waals surface area contributed by atoms with Crippen molar-refractivity contribution in [2.75, 3.05) is 20.6 Å². The molecule has 5 fully saturated rings. The highest BCUT2D eigenvalue weighted by atomic mass is 16.2. The summed E-state index contributed by atoms with van der Waals surface area (Å²) in [5, 5.41) is 0. The largest absolute Gasteiger partial charge is 0.332 e. The first-order valence-electron chi connectivity index (χ1n) is 14.0. The van der Waals surface area contributed by atoms with Gasteiger partial charge in [0.1, 0.15) is 0 Å². The predicted molar refractivity (Wildman–Crippen MR) is 133 cm³/mol. The summed E-state index contributed by atoms with van der Waals surface area (Å²) in [5.41, 5.74) is 0.611. The lowest BCUT2D eigenvalue weighted by molar-refractivity contribution is -0.171. The van der Waals surface area contributed by atoms with Crippen LogP contribution in [0.2, 0.25) is 0 Å². The number of carbonyl (C=O) groups is 2. The molecule has 0 aromatic carbocycles. The molecule has 1 heterocycles. The van der Waals surface area contributed by atoms with E-state index >= 15 is 0 Å². The Morgan fingerprint density at radius 3 is 2.18 bits per heavy atom. The van der Waals surface area contributed by atoms with Crippen LogP contribution in [-0.4, -0.2) is 54.2 Å². The van der Waals surface area contributed by atoms with E-state index in [1.54, 1.807) is 0 Å². The van der Waals surface area contributed by atoms with Crippen molar-refractivity contribution in [1.29, 1.82) is 0 Å². The zero-order valence-electron chi connectivity index (χ0n) is 22.3. The Hall–Kier alpha value is -0.900. The quantitative estimate of drug-likeness (QED) is 0.542. The Morgan fingerprint density at radius 1 is 0.879 bits per heavy atom. The Labute approximate surface area is 202 Å². The van der Waals surface area contributed by atoms with Crippen LogP contribution in [0.25, 0.3) is 0 Å². The van der Waals surface area contributed by atoms with Gasteiger partial charge in [0.15, 0.2) is 5.78 Å². The topological polar surface area (TPSA) is 40.6 Å². The number of ketones is 1. The lowest BCUT2D eigenvalue weighted by Gasteiger charge is -2.61. The van der Waals surface area contributed by atoms with Gasteiger partial charge in [0, 0.05) is 18.5 Å². The standard InChI is InChI=1S/C29H48N2O2/c1-17(2)20-16-31(27(20)33)25-13-15-29(5)23-12-14-28(4)21(18(3)30(6)7)10-11-22(28)19(23)8-9-24(29)26(25)32/h17-25H,8-16H2,1-7H3/t18-,19-,20-,21+,22-,23-,24-,25+,28+,29+/m0/s1. The highest BCUT2D eigenvalue weighted by Crippen LogP contribution is 2.67. The van der Waals surface area contributed by atoms with Crippen molar-refractivity contribution in [3.63, 3.8) is 0 Å². The minimum Gasteiger partial charge on any atom is -0.332 e. The second-order valence-electron chi connectivity index (χ2n) is 13.7. The molecule has 0 aromatic heterocycles. The van der Waals surface area contributed by atoms with Crippen molar-refractivity contribution in [1.82, 2.24) is 9.80 Å². The van der Waals surface area contributed by atoms with Crippen LogP contribution >= 0.6 is 0 Å². The van der Waals surface area contributed by atoms with Crippen LogP contribution in [-0.2, 0) is 9.59 Å². The third-order valence-corrected chi connectivity index (χ3v) is 12.1. The van der Waals surface area contributed by atoms with Gasteiger partial charge in [-0.1, -0.05) is 27.7 Å². The molecule has 0 N–H and O–H groups in total. The molecule has 0 unspecified atom stereocenters. The fourth-order valence-corrected chi connectivity index (χ4v) is 9.86. The molecule has 5 rings (SSSR count). The van der Waals surface area contributed by atoms with Crippen LogP contribution in [0.5, 0.6) is 0 Å². The molecule has 4 aliphatic carbocycles. The van der Waals surface area contributed by atoms with Gasteiger partial charge in [-0.15, -0.1) is 0 Å². The zero-order chi connectivity index (χ0) is 23.9. The molecular weight excluding hydrogens is 408 g/mol. The molecule has 1 saturated heterocycles. The van der Waals surface area contributed by atoms with Gasteiger partial charge in [-0.05, 0) is 113 Å². The van der Waals surface area contributed by atoms with Gasteiger partial charge in [0.05, 0.1) is 12.0 Å². The van der Waals surface area contributed by atoms with E-state index in [4.69, 9.17) is 0 Å². The number of amides is 1. The smallest absolute Gasteiger partial charge is 0.228 e. The minimum absolute atomic E-state index is 0.132. The molecule has 4 saturated carbocycles. The van der Waals surface area contributed by atoms with Gasteiger partial charge in [-0.25, -0.2) is 0 Å². The number of β-lactam (4-membered cyclic amide) rings is 1. The van der Waals surface area contributed by atoms with Gasteiger partial charge in [-0.3, -0.25) is 9.59 Å². The first kappa shape index (κ1) is 23.8. The van der Waals surface area contributed by atoms with Gasteiger partial charge >= 0.3 is 0 Å². The third-order valence-electron chi connectivity index (χ3n) is 12.1. The Kier molecular flexibility index (Phi) is 5.82. The molecule has 0 bridgehead atoms. The second kappa shape index (κ2) is 8.07. The van der Waals surface area contributed by atoms with Gasteiger partial charge in [-0.2, -0.15) is 0 Å². The van der Waals surface area contributed by atoms with Crippen LogP contribution in [0.3, 0.4) is 0 Å². The highest BCUT2D eigenvalue weighted by molar-refractivity contribution is 5.95. The van der Waals surface area contributed by atoms with E-state index in [0.29, 0.717) is 29.1 Å². The number of hydrogen-bond donors (Lipinski definition) is 0. The summed E-state index contributed by atoms with van der Waals surface area (Å²) in [6.45, 7) is 12.6. The SMILES string of the molecule is CC(C)[C@@H]1CN([C@@H]2CC[C@@]3(C)[C@@H](CC[C@@H]4[C@@H]3CC[C@]3(C)[C@@H]([C@H](C)N(C)C)CC[C@@H]43)C2=O)C1=O. The Morgan fingerprint density at radius 2 is 1.55 bits per heavy atom. The number of likely N-dealkylation sites (tertiary alicyclic amines) is 1. The molecule has 4 heteroatoms. The average molecular weight is 457 g/mol. The number of hydrogen-bond acceptors (Lipinski definition) is 3. The summed E-state index contributed by atoms with van der Waals surface area (Å²) in [7, 11) is 4.49. The third kappa shape index (κ3) is 3.32. The first-order chi connectivity index (χ1) is 15.5. The normalized spacial score (nSPS) is 48.4. The van der Waals surface area contributed by atoms with Crippen molar-refractivity contribution in [2.45, 2.75) is 98.1 Å². The molecule has 5 aliphatic rings. The van der Waals surface area contributed by atoms with E-state index in [2.05, 4.69) is 53.6 Å². The number of fused-ring (bicyclic) bond motifs is 5. The van der Waals surface area contributed by atoms with Crippen LogP contribution < -0.4 is 0 Å². The van der Waals surface area contributed by atoms with E-state index in [0.717, 1.165) is 43.6 Å². The lowest BCUT2D eigenvalue weighted by Crippen LogP contribution is -2.65. The molecule has 1 aliphatic heterocycles. The first-order valence-corrected chi connectivity index (χ1v) is 14.0. The van der Waals surface area contributed by atoms with E-state index < -0.39 is 0 Å². The van der Waals surface area contributed by atoms with E-state index in [-0.39, 0.29) is 29.2 Å². The fourth-order valence-electron chi connectivity index (χ4n) is 9.86. The summed E-state index contributed by atoms with van der Waals surface area (Å²) in [6, 6.07) is 0.511. The maximum Gasteiger partial charge on any atom is 0.228 e. The summed E-state index contributed by atoms with van der Waals surface area (Å²) in [6.07, 6.45) is 9.72. The molecule has 0 radical (unpaired) electrons. The molecule has 186 valence electrons. The summed E-state index contributed by atoms with van der Waals surface area (Å²) in [5.74, 6) is 4.47. The van der Waals surface area contributed by atoms with Crippen LogP contribution in [0.15, 0.2) is 0 Å². The minimum atomic E-state index is -0.132. The zero-order valence-corrected chi connectivity index (χ0v) is 22.3. The van der Waals surface area contributed by atoms with Crippen molar-refractivity contribution in [2.24, 2.45) is 52.3 Å². The summed E-state index contributed by atoms with van der Waals surface area (Å²) < 4.78 is 0. The number of carbonyl (C=O) groups excluding carboxylic acids is 2.